The van der Waals surface area contributed by atoms with Gasteiger partial charge in [-0.25, -0.2) is 0 Å². The molecule has 19 heavy (non-hydrogen) atoms. The Morgan fingerprint density at radius 2 is 1.95 bits per heavy atom. The maximum absolute atomic E-state index is 12.5. The minimum atomic E-state index is -4.42. The molecule has 0 spiro atoms. The predicted octanol–water partition coefficient (Wildman–Crippen LogP) is 2.39. The molecule has 2 N–H and O–H groups in total. The highest BCUT2D eigenvalue weighted by Crippen LogP contribution is 2.32. The topological polar surface area (TPSA) is 69.6 Å². The van der Waals surface area contributed by atoms with Crippen molar-refractivity contribution in [1.82, 2.24) is 20.2 Å². The smallest absolute Gasteiger partial charge is 0.397 e. The fourth-order valence-corrected chi connectivity index (χ4v) is 1.65. The Morgan fingerprint density at radius 3 is 2.47 bits per heavy atom. The fraction of sp³-hybridized carbons (Fsp3) is 0.364. The predicted molar refractivity (Wildman–Crippen MR) is 62.7 cm³/mol. The van der Waals surface area contributed by atoms with Crippen molar-refractivity contribution >= 4 is 5.69 Å². The third-order valence-electron chi connectivity index (χ3n) is 2.59. The second-order valence-corrected chi connectivity index (χ2v) is 4.37. The van der Waals surface area contributed by atoms with Crippen LogP contribution in [-0.4, -0.2) is 20.2 Å². The molecule has 102 valence electrons. The van der Waals surface area contributed by atoms with Crippen LogP contribution < -0.4 is 5.73 Å². The molecule has 2 aromatic rings. The molecule has 1 aromatic carbocycles. The number of rotatable bonds is 2. The number of nitrogens with zero attached hydrogens (tertiary/aromatic N) is 4. The van der Waals surface area contributed by atoms with Gasteiger partial charge in [0.2, 0.25) is 0 Å². The molecule has 0 fully saturated rings. The van der Waals surface area contributed by atoms with Crippen LogP contribution in [0.1, 0.15) is 31.2 Å². The van der Waals surface area contributed by atoms with Crippen molar-refractivity contribution in [3.63, 3.8) is 0 Å². The summed E-state index contributed by atoms with van der Waals surface area (Å²) in [6.07, 6.45) is -4.42. The van der Waals surface area contributed by atoms with Crippen molar-refractivity contribution < 1.29 is 13.2 Å². The standard InChI is InChI=1S/C11H12F3N5/c1-6(2)10-16-17-18-19(10)9-4-3-7(5-8(9)15)11(12,13)14/h3-6H,15H2,1-2H3. The van der Waals surface area contributed by atoms with Crippen molar-refractivity contribution in [1.29, 1.82) is 0 Å². The first-order valence-corrected chi connectivity index (χ1v) is 5.56. The normalized spacial score (nSPS) is 12.1. The van der Waals surface area contributed by atoms with Crippen molar-refractivity contribution in [2.24, 2.45) is 0 Å². The number of tetrazole rings is 1. The maximum atomic E-state index is 12.5. The molecular formula is C11H12F3N5. The maximum Gasteiger partial charge on any atom is 0.416 e. The quantitative estimate of drug-likeness (QED) is 0.851. The lowest BCUT2D eigenvalue weighted by molar-refractivity contribution is -0.137. The summed E-state index contributed by atoms with van der Waals surface area (Å²) in [4.78, 5) is 0. The lowest BCUT2D eigenvalue weighted by Crippen LogP contribution is -2.10. The minimum absolute atomic E-state index is 0.0241. The Kier molecular flexibility index (Phi) is 3.17. The summed E-state index contributed by atoms with van der Waals surface area (Å²) in [5, 5.41) is 11.1. The van der Waals surface area contributed by atoms with Gasteiger partial charge in [0.25, 0.3) is 0 Å². The molecule has 0 aliphatic rings. The van der Waals surface area contributed by atoms with Gasteiger partial charge in [-0.15, -0.1) is 5.10 Å². The van der Waals surface area contributed by atoms with E-state index in [0.717, 1.165) is 12.1 Å². The fourth-order valence-electron chi connectivity index (χ4n) is 1.65. The molecule has 0 amide bonds. The highest BCUT2D eigenvalue weighted by Gasteiger charge is 2.31. The minimum Gasteiger partial charge on any atom is -0.397 e. The van der Waals surface area contributed by atoms with Crippen molar-refractivity contribution in [2.45, 2.75) is 25.9 Å². The van der Waals surface area contributed by atoms with Crippen LogP contribution in [0, 0.1) is 0 Å². The number of benzene rings is 1. The highest BCUT2D eigenvalue weighted by atomic mass is 19.4. The molecule has 0 bridgehead atoms. The van der Waals surface area contributed by atoms with Gasteiger partial charge in [0.1, 0.15) is 0 Å². The Labute approximate surface area is 107 Å². The molecule has 8 heteroatoms. The number of alkyl halides is 3. The highest BCUT2D eigenvalue weighted by molar-refractivity contribution is 5.59. The van der Waals surface area contributed by atoms with E-state index in [4.69, 9.17) is 5.73 Å². The lowest BCUT2D eigenvalue weighted by Gasteiger charge is -2.12. The van der Waals surface area contributed by atoms with Gasteiger partial charge in [0, 0.05) is 5.92 Å². The molecule has 0 saturated carbocycles. The molecule has 0 atom stereocenters. The number of hydrogen-bond acceptors (Lipinski definition) is 4. The zero-order valence-corrected chi connectivity index (χ0v) is 10.3. The van der Waals surface area contributed by atoms with Gasteiger partial charge in [-0.05, 0) is 28.6 Å². The molecule has 2 rings (SSSR count). The molecule has 0 radical (unpaired) electrons. The van der Waals surface area contributed by atoms with Crippen LogP contribution in [0.4, 0.5) is 18.9 Å². The number of halogens is 3. The van der Waals surface area contributed by atoms with Gasteiger partial charge in [0.05, 0.1) is 16.9 Å². The van der Waals surface area contributed by atoms with Crippen LogP contribution in [0.2, 0.25) is 0 Å². The largest absolute Gasteiger partial charge is 0.416 e. The Balaban J connectivity index is 2.50. The van der Waals surface area contributed by atoms with E-state index < -0.39 is 11.7 Å². The van der Waals surface area contributed by atoms with Gasteiger partial charge >= 0.3 is 6.18 Å². The number of anilines is 1. The van der Waals surface area contributed by atoms with E-state index in [1.54, 1.807) is 0 Å². The van der Waals surface area contributed by atoms with Crippen LogP contribution in [0.5, 0.6) is 0 Å². The third kappa shape index (κ3) is 2.51. The van der Waals surface area contributed by atoms with Crippen LogP contribution in [0.15, 0.2) is 18.2 Å². The number of nitrogens with two attached hydrogens (primary N) is 1. The summed E-state index contributed by atoms with van der Waals surface area (Å²) in [6.45, 7) is 3.75. The summed E-state index contributed by atoms with van der Waals surface area (Å²) in [5.74, 6) is 0.558. The summed E-state index contributed by atoms with van der Waals surface area (Å²) in [6, 6.07) is 3.10. The first kappa shape index (κ1) is 13.3. The van der Waals surface area contributed by atoms with E-state index in [1.165, 1.54) is 10.7 Å². The molecule has 0 aliphatic heterocycles. The van der Waals surface area contributed by atoms with Gasteiger partial charge in [-0.3, -0.25) is 0 Å². The van der Waals surface area contributed by atoms with Gasteiger partial charge < -0.3 is 5.73 Å². The second kappa shape index (κ2) is 4.52. The summed E-state index contributed by atoms with van der Waals surface area (Å²) >= 11 is 0. The zero-order valence-electron chi connectivity index (χ0n) is 10.3. The summed E-state index contributed by atoms with van der Waals surface area (Å²) < 4.78 is 39.0. The molecule has 5 nitrogen and oxygen atoms in total. The van der Waals surface area contributed by atoms with Crippen molar-refractivity contribution in [2.75, 3.05) is 5.73 Å². The molecule has 1 aromatic heterocycles. The average Bonchev–Trinajstić information content (AvgIpc) is 2.76. The average molecular weight is 271 g/mol. The molecule has 0 aliphatic carbocycles. The van der Waals surface area contributed by atoms with Crippen LogP contribution in [0.25, 0.3) is 5.69 Å². The monoisotopic (exact) mass is 271 g/mol. The molecule has 0 unspecified atom stereocenters. The van der Waals surface area contributed by atoms with E-state index in [2.05, 4.69) is 15.5 Å². The van der Waals surface area contributed by atoms with E-state index in [-0.39, 0.29) is 11.6 Å². The second-order valence-electron chi connectivity index (χ2n) is 4.37. The molecule has 0 saturated heterocycles. The summed E-state index contributed by atoms with van der Waals surface area (Å²) in [5.41, 5.74) is 5.17. The van der Waals surface area contributed by atoms with Gasteiger partial charge in [-0.1, -0.05) is 13.8 Å². The van der Waals surface area contributed by atoms with E-state index in [1.807, 2.05) is 13.8 Å². The van der Waals surface area contributed by atoms with E-state index in [9.17, 15) is 13.2 Å². The van der Waals surface area contributed by atoms with Crippen LogP contribution in [-0.2, 0) is 6.18 Å². The van der Waals surface area contributed by atoms with Gasteiger partial charge in [-0.2, -0.15) is 17.9 Å². The first-order valence-electron chi connectivity index (χ1n) is 5.56. The Morgan fingerprint density at radius 1 is 1.26 bits per heavy atom. The van der Waals surface area contributed by atoms with Gasteiger partial charge in [0.15, 0.2) is 5.82 Å². The zero-order chi connectivity index (χ0) is 14.2. The van der Waals surface area contributed by atoms with E-state index in [0.29, 0.717) is 11.5 Å². The third-order valence-corrected chi connectivity index (χ3v) is 2.59. The number of aromatic nitrogens is 4. The van der Waals surface area contributed by atoms with E-state index >= 15 is 0 Å². The summed E-state index contributed by atoms with van der Waals surface area (Å²) in [7, 11) is 0. The lowest BCUT2D eigenvalue weighted by atomic mass is 10.1. The van der Waals surface area contributed by atoms with Crippen LogP contribution >= 0.6 is 0 Å². The van der Waals surface area contributed by atoms with Crippen molar-refractivity contribution in [3.8, 4) is 5.69 Å². The van der Waals surface area contributed by atoms with Crippen LogP contribution in [0.3, 0.4) is 0 Å². The SMILES string of the molecule is CC(C)c1nnnn1-c1ccc(C(F)(F)F)cc1N. The first-order chi connectivity index (χ1) is 8.80. The Hall–Kier alpha value is -2.12. The number of hydrogen-bond donors (Lipinski definition) is 1. The Bertz CT molecular complexity index is 588. The molecular weight excluding hydrogens is 259 g/mol. The number of nitrogen functional groups attached to an aromatic ring is 1. The molecule has 1 heterocycles. The van der Waals surface area contributed by atoms with Crippen molar-refractivity contribution in [3.05, 3.63) is 29.6 Å².